The number of anilines is 2. The zero-order valence-corrected chi connectivity index (χ0v) is 16.2. The standard InChI is InChI=1S/C22H40N2/c1-3-5-7-9-11-13-15-19-17-21(23)18-20(22(19)24)16-14-12-10-8-6-4-2/h17-18H,3-16,23-24H2,1-2H3. The van der Waals surface area contributed by atoms with E-state index in [4.69, 9.17) is 11.5 Å². The van der Waals surface area contributed by atoms with Gasteiger partial charge in [-0.25, -0.2) is 0 Å². The number of benzene rings is 1. The molecule has 138 valence electrons. The first-order chi connectivity index (χ1) is 11.7. The molecule has 4 N–H and O–H groups in total. The Morgan fingerprint density at radius 2 is 0.958 bits per heavy atom. The summed E-state index contributed by atoms with van der Waals surface area (Å²) in [4.78, 5) is 0. The van der Waals surface area contributed by atoms with Gasteiger partial charge in [-0.2, -0.15) is 0 Å². The smallest absolute Gasteiger partial charge is 0.0380 e. The summed E-state index contributed by atoms with van der Waals surface area (Å²) in [6, 6.07) is 4.18. The average Bonchev–Trinajstić information content (AvgIpc) is 2.57. The van der Waals surface area contributed by atoms with E-state index in [9.17, 15) is 0 Å². The Morgan fingerprint density at radius 1 is 0.583 bits per heavy atom. The van der Waals surface area contributed by atoms with E-state index < -0.39 is 0 Å². The minimum absolute atomic E-state index is 0.881. The summed E-state index contributed by atoms with van der Waals surface area (Å²) < 4.78 is 0. The second-order valence-electron chi connectivity index (χ2n) is 7.29. The number of hydrogen-bond acceptors (Lipinski definition) is 2. The second-order valence-corrected chi connectivity index (χ2v) is 7.29. The lowest BCUT2D eigenvalue weighted by Crippen LogP contribution is -2.03. The van der Waals surface area contributed by atoms with Gasteiger partial charge < -0.3 is 11.5 Å². The minimum Gasteiger partial charge on any atom is -0.399 e. The Balaban J connectivity index is 2.39. The summed E-state index contributed by atoms with van der Waals surface area (Å²) in [5.74, 6) is 0. The average molecular weight is 333 g/mol. The van der Waals surface area contributed by atoms with Crippen molar-refractivity contribution in [3.05, 3.63) is 23.3 Å². The van der Waals surface area contributed by atoms with Gasteiger partial charge in [0.1, 0.15) is 0 Å². The van der Waals surface area contributed by atoms with Crippen molar-refractivity contribution < 1.29 is 0 Å². The topological polar surface area (TPSA) is 52.0 Å². The van der Waals surface area contributed by atoms with Crippen LogP contribution in [0.25, 0.3) is 0 Å². The van der Waals surface area contributed by atoms with Gasteiger partial charge in [-0.15, -0.1) is 0 Å². The van der Waals surface area contributed by atoms with Crippen molar-refractivity contribution in [1.82, 2.24) is 0 Å². The van der Waals surface area contributed by atoms with Crippen LogP contribution in [0.3, 0.4) is 0 Å². The fraction of sp³-hybridized carbons (Fsp3) is 0.727. The first-order valence-electron chi connectivity index (χ1n) is 10.4. The SMILES string of the molecule is CCCCCCCCc1cc(N)cc(CCCCCCCC)c1N. The highest BCUT2D eigenvalue weighted by Crippen LogP contribution is 2.25. The molecule has 0 radical (unpaired) electrons. The first kappa shape index (κ1) is 20.9. The molecule has 0 aliphatic carbocycles. The second kappa shape index (κ2) is 13.1. The number of rotatable bonds is 14. The normalized spacial score (nSPS) is 11.1. The molecule has 0 aliphatic heterocycles. The van der Waals surface area contributed by atoms with Crippen molar-refractivity contribution in [2.45, 2.75) is 104 Å². The van der Waals surface area contributed by atoms with Crippen LogP contribution in [0.15, 0.2) is 12.1 Å². The first-order valence-corrected chi connectivity index (χ1v) is 10.4. The van der Waals surface area contributed by atoms with Crippen molar-refractivity contribution in [2.75, 3.05) is 11.5 Å². The molecule has 0 fully saturated rings. The molecular weight excluding hydrogens is 292 g/mol. The molecule has 0 aromatic heterocycles. The molecule has 0 bridgehead atoms. The Bertz CT molecular complexity index is 403. The van der Waals surface area contributed by atoms with Gasteiger partial charge in [0.15, 0.2) is 0 Å². The molecule has 0 saturated heterocycles. The lowest BCUT2D eigenvalue weighted by Gasteiger charge is -2.13. The third-order valence-corrected chi connectivity index (χ3v) is 4.97. The molecule has 0 aliphatic rings. The number of aryl methyl sites for hydroxylation is 2. The summed E-state index contributed by atoms with van der Waals surface area (Å²) >= 11 is 0. The van der Waals surface area contributed by atoms with Crippen molar-refractivity contribution in [2.24, 2.45) is 0 Å². The van der Waals surface area contributed by atoms with Crippen LogP contribution in [0.1, 0.15) is 102 Å². The van der Waals surface area contributed by atoms with Gasteiger partial charge in [-0.05, 0) is 48.9 Å². The summed E-state index contributed by atoms with van der Waals surface area (Å²) in [7, 11) is 0. The number of unbranched alkanes of at least 4 members (excludes halogenated alkanes) is 10. The Hall–Kier alpha value is -1.18. The van der Waals surface area contributed by atoms with Gasteiger partial charge in [0.25, 0.3) is 0 Å². The molecule has 1 aromatic rings. The molecule has 0 heterocycles. The van der Waals surface area contributed by atoms with Crippen molar-refractivity contribution in [1.29, 1.82) is 0 Å². The van der Waals surface area contributed by atoms with Gasteiger partial charge >= 0.3 is 0 Å². The van der Waals surface area contributed by atoms with E-state index in [0.29, 0.717) is 0 Å². The molecule has 0 unspecified atom stereocenters. The maximum Gasteiger partial charge on any atom is 0.0380 e. The van der Waals surface area contributed by atoms with E-state index in [1.807, 2.05) is 0 Å². The summed E-state index contributed by atoms with van der Waals surface area (Å²) in [5.41, 5.74) is 17.0. The lowest BCUT2D eigenvalue weighted by molar-refractivity contribution is 0.605. The summed E-state index contributed by atoms with van der Waals surface area (Å²) in [6.07, 6.45) is 18.0. The van der Waals surface area contributed by atoms with Crippen LogP contribution in [0.2, 0.25) is 0 Å². The van der Waals surface area contributed by atoms with Crippen LogP contribution in [0, 0.1) is 0 Å². The van der Waals surface area contributed by atoms with Gasteiger partial charge in [0, 0.05) is 11.4 Å². The highest BCUT2D eigenvalue weighted by molar-refractivity contribution is 5.61. The Morgan fingerprint density at radius 3 is 1.38 bits per heavy atom. The van der Waals surface area contributed by atoms with Crippen LogP contribution in [0.5, 0.6) is 0 Å². The van der Waals surface area contributed by atoms with E-state index in [2.05, 4.69) is 26.0 Å². The maximum atomic E-state index is 6.42. The molecule has 0 amide bonds. The number of nitrogen functional groups attached to an aromatic ring is 2. The largest absolute Gasteiger partial charge is 0.399 e. The third kappa shape index (κ3) is 8.61. The van der Waals surface area contributed by atoms with E-state index in [1.54, 1.807) is 0 Å². The summed E-state index contributed by atoms with van der Waals surface area (Å²) in [5, 5.41) is 0. The lowest BCUT2D eigenvalue weighted by atomic mass is 9.97. The fourth-order valence-corrected chi connectivity index (χ4v) is 3.41. The highest BCUT2D eigenvalue weighted by Gasteiger charge is 2.07. The van der Waals surface area contributed by atoms with Crippen LogP contribution >= 0.6 is 0 Å². The van der Waals surface area contributed by atoms with E-state index in [0.717, 1.165) is 24.2 Å². The van der Waals surface area contributed by atoms with Gasteiger partial charge in [0.2, 0.25) is 0 Å². The number of nitrogens with two attached hydrogens (primary N) is 2. The molecular formula is C22H40N2. The molecule has 0 atom stereocenters. The van der Waals surface area contributed by atoms with Crippen molar-refractivity contribution in [3.63, 3.8) is 0 Å². The molecule has 0 saturated carbocycles. The van der Waals surface area contributed by atoms with Crippen LogP contribution in [-0.4, -0.2) is 0 Å². The van der Waals surface area contributed by atoms with Crippen molar-refractivity contribution in [3.8, 4) is 0 Å². The van der Waals surface area contributed by atoms with E-state index in [1.165, 1.54) is 88.2 Å². The zero-order valence-electron chi connectivity index (χ0n) is 16.2. The molecule has 24 heavy (non-hydrogen) atoms. The maximum absolute atomic E-state index is 6.42. The predicted molar refractivity (Wildman–Crippen MR) is 109 cm³/mol. The monoisotopic (exact) mass is 332 g/mol. The Labute approximate surface area is 150 Å². The van der Waals surface area contributed by atoms with Gasteiger partial charge in [0.05, 0.1) is 0 Å². The van der Waals surface area contributed by atoms with Crippen LogP contribution in [-0.2, 0) is 12.8 Å². The molecule has 1 aromatic carbocycles. The molecule has 1 rings (SSSR count). The third-order valence-electron chi connectivity index (χ3n) is 4.97. The molecule has 2 nitrogen and oxygen atoms in total. The molecule has 0 spiro atoms. The fourth-order valence-electron chi connectivity index (χ4n) is 3.41. The van der Waals surface area contributed by atoms with Gasteiger partial charge in [-0.3, -0.25) is 0 Å². The van der Waals surface area contributed by atoms with Crippen LogP contribution in [0.4, 0.5) is 11.4 Å². The van der Waals surface area contributed by atoms with E-state index >= 15 is 0 Å². The zero-order chi connectivity index (χ0) is 17.6. The predicted octanol–water partition coefficient (Wildman–Crippen LogP) is 6.66. The van der Waals surface area contributed by atoms with E-state index in [-0.39, 0.29) is 0 Å². The van der Waals surface area contributed by atoms with Crippen molar-refractivity contribution >= 4 is 11.4 Å². The quantitative estimate of drug-likeness (QED) is 0.296. The summed E-state index contributed by atoms with van der Waals surface area (Å²) in [6.45, 7) is 4.53. The van der Waals surface area contributed by atoms with Crippen LogP contribution < -0.4 is 11.5 Å². The molecule has 2 heteroatoms. The highest BCUT2D eigenvalue weighted by atomic mass is 14.6. The Kier molecular flexibility index (Phi) is 11.4. The van der Waals surface area contributed by atoms with Gasteiger partial charge in [-0.1, -0.05) is 78.1 Å². The number of hydrogen-bond donors (Lipinski definition) is 2. The minimum atomic E-state index is 0.881.